The van der Waals surface area contributed by atoms with Crippen molar-refractivity contribution in [3.63, 3.8) is 0 Å². The van der Waals surface area contributed by atoms with Gasteiger partial charge in [-0.05, 0) is 78.3 Å². The fourth-order valence-electron chi connectivity index (χ4n) is 5.17. The van der Waals surface area contributed by atoms with Crippen LogP contribution in [0.15, 0.2) is 60.7 Å². The van der Waals surface area contributed by atoms with Gasteiger partial charge in [0.15, 0.2) is 0 Å². The van der Waals surface area contributed by atoms with Crippen LogP contribution in [-0.2, 0) is 0 Å². The third-order valence-electron chi connectivity index (χ3n) is 6.54. The second-order valence-corrected chi connectivity index (χ2v) is 13.8. The molecule has 0 radical (unpaired) electrons. The number of likely N-dealkylation sites (tertiary alicyclic amines) is 2. The van der Waals surface area contributed by atoms with Crippen molar-refractivity contribution in [1.29, 1.82) is 0 Å². The summed E-state index contributed by atoms with van der Waals surface area (Å²) in [7, 11) is -0.295. The monoisotopic (exact) mass is 410 g/mol. The number of piperidine rings is 2. The lowest BCUT2D eigenvalue weighted by Crippen LogP contribution is -2.55. The van der Waals surface area contributed by atoms with Gasteiger partial charge in [0, 0.05) is 0 Å². The van der Waals surface area contributed by atoms with Gasteiger partial charge in [-0.2, -0.15) is 0 Å². The molecule has 3 heterocycles. The Balaban J connectivity index is 1.54. The van der Waals surface area contributed by atoms with Crippen LogP contribution in [0.4, 0.5) is 0 Å². The largest absolute Gasteiger partial charge is 0.292 e. The molecule has 3 aliphatic rings. The molecule has 4 heteroatoms. The number of hydrogen-bond donors (Lipinski definition) is 0. The first-order valence-electron chi connectivity index (χ1n) is 11.1. The molecule has 3 aliphatic heterocycles. The van der Waals surface area contributed by atoms with Gasteiger partial charge in [-0.15, -0.1) is 0 Å². The van der Waals surface area contributed by atoms with Gasteiger partial charge in [-0.1, -0.05) is 73.5 Å². The van der Waals surface area contributed by atoms with E-state index in [4.69, 9.17) is 0 Å². The standard InChI is InChI=1S/C24H32N2P2/c1-5-13-21(14-6-1)27-23(25-17-9-3-10-18-25)28(22-15-7-2-8-16-22)24(27)26-19-11-4-12-20-26/h1-2,5-8,13-16,23-24H,3-4,9-12,17-20H2. The van der Waals surface area contributed by atoms with E-state index in [0.29, 0.717) is 0 Å². The topological polar surface area (TPSA) is 6.48 Å². The highest BCUT2D eigenvalue weighted by molar-refractivity contribution is 7.99. The minimum atomic E-state index is -0.148. The Morgan fingerprint density at radius 1 is 0.500 bits per heavy atom. The molecule has 0 amide bonds. The van der Waals surface area contributed by atoms with Crippen molar-refractivity contribution in [2.75, 3.05) is 26.2 Å². The van der Waals surface area contributed by atoms with Crippen molar-refractivity contribution in [1.82, 2.24) is 9.80 Å². The molecular weight excluding hydrogens is 378 g/mol. The van der Waals surface area contributed by atoms with Crippen LogP contribution < -0.4 is 10.6 Å². The number of rotatable bonds is 4. The van der Waals surface area contributed by atoms with Crippen molar-refractivity contribution in [2.24, 2.45) is 0 Å². The predicted octanol–water partition coefficient (Wildman–Crippen LogP) is 5.15. The zero-order chi connectivity index (χ0) is 18.8. The van der Waals surface area contributed by atoms with E-state index in [1.54, 1.807) is 10.6 Å². The van der Waals surface area contributed by atoms with Gasteiger partial charge in [0.25, 0.3) is 0 Å². The SMILES string of the molecule is c1ccc(P2C(N3CCCCC3)P(c3ccccc3)C2N2CCCCC2)cc1. The Labute approximate surface area is 172 Å². The van der Waals surface area contributed by atoms with Gasteiger partial charge >= 0.3 is 0 Å². The zero-order valence-electron chi connectivity index (χ0n) is 16.8. The maximum atomic E-state index is 2.90. The highest BCUT2D eigenvalue weighted by Gasteiger charge is 2.55. The second-order valence-electron chi connectivity index (χ2n) is 8.37. The molecule has 3 fully saturated rings. The molecule has 0 aromatic heterocycles. The minimum Gasteiger partial charge on any atom is -0.292 e. The lowest BCUT2D eigenvalue weighted by molar-refractivity contribution is 0.217. The summed E-state index contributed by atoms with van der Waals surface area (Å²) in [6.45, 7) is 5.26. The molecular formula is C24H32N2P2. The summed E-state index contributed by atoms with van der Waals surface area (Å²) in [6.07, 6.45) is 8.40. The third kappa shape index (κ3) is 3.70. The molecule has 2 aromatic rings. The molecule has 0 saturated carbocycles. The van der Waals surface area contributed by atoms with E-state index in [2.05, 4.69) is 70.5 Å². The second kappa shape index (κ2) is 8.93. The Bertz CT molecular complexity index is 668. The fraction of sp³-hybridized carbons (Fsp3) is 0.500. The van der Waals surface area contributed by atoms with E-state index in [1.807, 2.05) is 0 Å². The molecule has 148 valence electrons. The van der Waals surface area contributed by atoms with E-state index < -0.39 is 0 Å². The number of benzene rings is 2. The van der Waals surface area contributed by atoms with Crippen LogP contribution in [0, 0.1) is 0 Å². The summed E-state index contributed by atoms with van der Waals surface area (Å²) < 4.78 is 0. The lowest BCUT2D eigenvalue weighted by Gasteiger charge is -2.61. The first-order chi connectivity index (χ1) is 13.9. The molecule has 2 aromatic carbocycles. The maximum Gasteiger partial charge on any atom is 0.0613 e. The summed E-state index contributed by atoms with van der Waals surface area (Å²) in [5, 5.41) is 3.27. The normalized spacial score (nSPS) is 32.0. The Morgan fingerprint density at radius 2 is 0.857 bits per heavy atom. The molecule has 0 N–H and O–H groups in total. The average Bonchev–Trinajstić information content (AvgIpc) is 2.76. The van der Waals surface area contributed by atoms with E-state index in [0.717, 1.165) is 11.0 Å². The Morgan fingerprint density at radius 3 is 1.21 bits per heavy atom. The van der Waals surface area contributed by atoms with Gasteiger partial charge in [0.05, 0.1) is 11.0 Å². The minimum absolute atomic E-state index is 0.148. The molecule has 0 atom stereocenters. The molecule has 0 aliphatic carbocycles. The van der Waals surface area contributed by atoms with Gasteiger partial charge in [-0.25, -0.2) is 0 Å². The van der Waals surface area contributed by atoms with Crippen molar-refractivity contribution < 1.29 is 0 Å². The van der Waals surface area contributed by atoms with Crippen molar-refractivity contribution in [3.8, 4) is 0 Å². The Kier molecular flexibility index (Phi) is 6.12. The average molecular weight is 410 g/mol. The van der Waals surface area contributed by atoms with E-state index in [9.17, 15) is 0 Å². The van der Waals surface area contributed by atoms with Crippen molar-refractivity contribution >= 4 is 26.5 Å². The van der Waals surface area contributed by atoms with Gasteiger partial charge in [-0.3, -0.25) is 9.80 Å². The summed E-state index contributed by atoms with van der Waals surface area (Å²) in [5.74, 6) is 0. The highest BCUT2D eigenvalue weighted by atomic mass is 31.2. The summed E-state index contributed by atoms with van der Waals surface area (Å²) in [5.41, 5.74) is 1.56. The molecule has 0 bridgehead atoms. The third-order valence-corrected chi connectivity index (χ3v) is 14.6. The van der Waals surface area contributed by atoms with Crippen molar-refractivity contribution in [3.05, 3.63) is 60.7 Å². The van der Waals surface area contributed by atoms with Gasteiger partial charge in [0.1, 0.15) is 0 Å². The van der Waals surface area contributed by atoms with Crippen LogP contribution in [0.25, 0.3) is 0 Å². The first-order valence-corrected chi connectivity index (χ1v) is 14.0. The molecule has 3 saturated heterocycles. The molecule has 2 nitrogen and oxygen atoms in total. The van der Waals surface area contributed by atoms with Crippen LogP contribution in [0.5, 0.6) is 0 Å². The quantitative estimate of drug-likeness (QED) is 0.643. The summed E-state index contributed by atoms with van der Waals surface area (Å²) >= 11 is 0. The van der Waals surface area contributed by atoms with E-state index in [1.165, 1.54) is 64.7 Å². The molecule has 5 rings (SSSR count). The van der Waals surface area contributed by atoms with Gasteiger partial charge < -0.3 is 0 Å². The zero-order valence-corrected chi connectivity index (χ0v) is 18.6. The maximum absolute atomic E-state index is 2.90. The van der Waals surface area contributed by atoms with Crippen LogP contribution in [0.1, 0.15) is 38.5 Å². The number of hydrogen-bond acceptors (Lipinski definition) is 2. The molecule has 28 heavy (non-hydrogen) atoms. The van der Waals surface area contributed by atoms with Gasteiger partial charge in [0.2, 0.25) is 0 Å². The van der Waals surface area contributed by atoms with Crippen LogP contribution in [0.3, 0.4) is 0 Å². The molecule has 0 spiro atoms. The first kappa shape index (κ1) is 19.2. The van der Waals surface area contributed by atoms with E-state index in [-0.39, 0.29) is 15.8 Å². The fourth-order valence-corrected chi connectivity index (χ4v) is 14.3. The lowest BCUT2D eigenvalue weighted by atomic mass is 10.1. The van der Waals surface area contributed by atoms with E-state index >= 15 is 0 Å². The van der Waals surface area contributed by atoms with Crippen LogP contribution in [0.2, 0.25) is 0 Å². The summed E-state index contributed by atoms with van der Waals surface area (Å²) in [4.78, 5) is 5.81. The highest BCUT2D eigenvalue weighted by Crippen LogP contribution is 2.80. The van der Waals surface area contributed by atoms with Crippen LogP contribution in [-0.4, -0.2) is 47.0 Å². The smallest absolute Gasteiger partial charge is 0.0613 e. The number of nitrogens with zero attached hydrogens (tertiary/aromatic N) is 2. The molecule has 0 unspecified atom stereocenters. The van der Waals surface area contributed by atoms with Crippen LogP contribution >= 0.6 is 15.8 Å². The Hall–Kier alpha value is -0.780. The predicted molar refractivity (Wildman–Crippen MR) is 124 cm³/mol. The van der Waals surface area contributed by atoms with Crippen molar-refractivity contribution in [2.45, 2.75) is 49.6 Å². The summed E-state index contributed by atoms with van der Waals surface area (Å²) in [6, 6.07) is 23.1.